The average Bonchev–Trinajstić information content (AvgIpc) is 2.73. The summed E-state index contributed by atoms with van der Waals surface area (Å²) in [6.45, 7) is 2.20. The van der Waals surface area contributed by atoms with E-state index in [-0.39, 0.29) is 24.8 Å². The number of carbonyl (C=O) groups excluding carboxylic acids is 2. The molecule has 3 N–H and O–H groups in total. The summed E-state index contributed by atoms with van der Waals surface area (Å²) in [5.74, 6) is -1.37. The van der Waals surface area contributed by atoms with E-state index in [4.69, 9.17) is 0 Å². The minimum absolute atomic E-state index is 0.0258. The molecule has 28 heavy (non-hydrogen) atoms. The lowest BCUT2D eigenvalue weighted by Gasteiger charge is -2.29. The number of aliphatic carboxylic acids is 1. The van der Waals surface area contributed by atoms with E-state index in [0.29, 0.717) is 30.5 Å². The summed E-state index contributed by atoms with van der Waals surface area (Å²) in [7, 11) is 0. The minimum Gasteiger partial charge on any atom is -0.481 e. The molecule has 2 rings (SSSR count). The van der Waals surface area contributed by atoms with E-state index in [2.05, 4.69) is 10.6 Å². The number of benzene rings is 2. The number of amides is 2. The van der Waals surface area contributed by atoms with E-state index in [1.807, 2.05) is 12.1 Å². The van der Waals surface area contributed by atoms with Crippen LogP contribution < -0.4 is 10.6 Å². The van der Waals surface area contributed by atoms with Crippen LogP contribution in [0.3, 0.4) is 0 Å². The molecular formula is C22H26N2O4. The Hall–Kier alpha value is -3.15. The molecule has 2 aromatic rings. The van der Waals surface area contributed by atoms with Crippen LogP contribution in [-0.2, 0) is 15.0 Å². The summed E-state index contributed by atoms with van der Waals surface area (Å²) >= 11 is 0. The van der Waals surface area contributed by atoms with Gasteiger partial charge in [-0.25, -0.2) is 0 Å². The molecule has 0 bridgehead atoms. The lowest BCUT2D eigenvalue weighted by atomic mass is 9.78. The van der Waals surface area contributed by atoms with Crippen molar-refractivity contribution in [3.8, 4) is 0 Å². The summed E-state index contributed by atoms with van der Waals surface area (Å²) < 4.78 is 0. The molecule has 0 saturated heterocycles. The Morgan fingerprint density at radius 1 is 0.929 bits per heavy atom. The summed E-state index contributed by atoms with van der Waals surface area (Å²) in [5.41, 5.74) is 0.0859. The molecule has 2 amide bonds. The summed E-state index contributed by atoms with van der Waals surface area (Å²) in [6.07, 6.45) is 1.05. The maximum Gasteiger partial charge on any atom is 0.315 e. The molecule has 6 heteroatoms. The van der Waals surface area contributed by atoms with Gasteiger partial charge in [0.25, 0.3) is 5.91 Å². The van der Waals surface area contributed by atoms with Gasteiger partial charge < -0.3 is 15.7 Å². The Kier molecular flexibility index (Phi) is 7.75. The third-order valence-corrected chi connectivity index (χ3v) is 4.83. The quantitative estimate of drug-likeness (QED) is 0.551. The number of carbonyl (C=O) groups is 3. The molecule has 1 atom stereocenters. The zero-order valence-corrected chi connectivity index (χ0v) is 16.0. The van der Waals surface area contributed by atoms with E-state index in [1.165, 1.54) is 0 Å². The van der Waals surface area contributed by atoms with Crippen LogP contribution in [0.5, 0.6) is 0 Å². The lowest BCUT2D eigenvalue weighted by Crippen LogP contribution is -2.46. The highest BCUT2D eigenvalue weighted by Gasteiger charge is 2.38. The molecule has 0 fully saturated rings. The topological polar surface area (TPSA) is 95.5 Å². The molecular weight excluding hydrogens is 356 g/mol. The fraction of sp³-hybridized carbons (Fsp3) is 0.318. The highest BCUT2D eigenvalue weighted by atomic mass is 16.4. The van der Waals surface area contributed by atoms with Crippen LogP contribution in [0.25, 0.3) is 0 Å². The third kappa shape index (κ3) is 5.42. The van der Waals surface area contributed by atoms with Gasteiger partial charge in [0.05, 0.1) is 0 Å². The molecule has 6 nitrogen and oxygen atoms in total. The van der Waals surface area contributed by atoms with Gasteiger partial charge in [0, 0.05) is 25.1 Å². The minimum atomic E-state index is -1.15. The van der Waals surface area contributed by atoms with Gasteiger partial charge in [0.1, 0.15) is 5.41 Å². The molecule has 0 spiro atoms. The van der Waals surface area contributed by atoms with Crippen molar-refractivity contribution >= 4 is 17.8 Å². The van der Waals surface area contributed by atoms with E-state index < -0.39 is 11.4 Å². The zero-order valence-electron chi connectivity index (χ0n) is 16.0. The van der Waals surface area contributed by atoms with Gasteiger partial charge in [-0.1, -0.05) is 55.5 Å². The van der Waals surface area contributed by atoms with Crippen LogP contribution in [-0.4, -0.2) is 36.0 Å². The molecule has 0 aliphatic carbocycles. The van der Waals surface area contributed by atoms with Gasteiger partial charge in [-0.2, -0.15) is 0 Å². The molecule has 148 valence electrons. The summed E-state index contributed by atoms with van der Waals surface area (Å²) in [5, 5.41) is 15.3. The van der Waals surface area contributed by atoms with Crippen molar-refractivity contribution < 1.29 is 19.5 Å². The Morgan fingerprint density at radius 3 is 2.11 bits per heavy atom. The second-order valence-corrected chi connectivity index (χ2v) is 6.61. The maximum atomic E-state index is 12.2. The zero-order chi connectivity index (χ0) is 20.4. The van der Waals surface area contributed by atoms with Crippen molar-refractivity contribution in [1.29, 1.82) is 0 Å². The van der Waals surface area contributed by atoms with Crippen molar-refractivity contribution in [2.24, 2.45) is 0 Å². The number of carboxylic acid groups (broad SMARTS) is 1. The SMILES string of the molecule is CCC(CNC(=O)CCCNC(=O)c1ccccc1)(C(=O)O)c1ccccc1. The molecule has 0 radical (unpaired) electrons. The summed E-state index contributed by atoms with van der Waals surface area (Å²) in [4.78, 5) is 36.0. The Bertz CT molecular complexity index is 793. The number of rotatable bonds is 10. The second-order valence-electron chi connectivity index (χ2n) is 6.61. The highest BCUT2D eigenvalue weighted by molar-refractivity contribution is 5.94. The van der Waals surface area contributed by atoms with E-state index in [9.17, 15) is 19.5 Å². The molecule has 2 aromatic carbocycles. The largest absolute Gasteiger partial charge is 0.481 e. The number of hydrogen-bond acceptors (Lipinski definition) is 3. The lowest BCUT2D eigenvalue weighted by molar-refractivity contribution is -0.144. The van der Waals surface area contributed by atoms with Crippen LogP contribution in [0.1, 0.15) is 42.1 Å². The Balaban J connectivity index is 1.82. The van der Waals surface area contributed by atoms with Crippen molar-refractivity contribution in [3.63, 3.8) is 0 Å². The smallest absolute Gasteiger partial charge is 0.315 e. The first kappa shape index (κ1) is 21.2. The van der Waals surface area contributed by atoms with Gasteiger partial charge in [0.15, 0.2) is 0 Å². The van der Waals surface area contributed by atoms with Crippen molar-refractivity contribution in [2.45, 2.75) is 31.6 Å². The number of nitrogens with one attached hydrogen (secondary N) is 2. The third-order valence-electron chi connectivity index (χ3n) is 4.83. The predicted octanol–water partition coefficient (Wildman–Crippen LogP) is 2.75. The van der Waals surface area contributed by atoms with Crippen molar-refractivity contribution in [2.75, 3.05) is 13.1 Å². The Morgan fingerprint density at radius 2 is 1.54 bits per heavy atom. The standard InChI is InChI=1S/C22H26N2O4/c1-2-22(21(27)28,18-12-7-4-8-13-18)16-24-19(25)14-9-15-23-20(26)17-10-5-3-6-11-17/h3-8,10-13H,2,9,14-16H2,1H3,(H,23,26)(H,24,25)(H,27,28). The fourth-order valence-corrected chi connectivity index (χ4v) is 3.02. The average molecular weight is 382 g/mol. The van der Waals surface area contributed by atoms with Crippen LogP contribution in [0.4, 0.5) is 0 Å². The van der Waals surface area contributed by atoms with Gasteiger partial charge in [-0.3, -0.25) is 14.4 Å². The van der Waals surface area contributed by atoms with Crippen LogP contribution >= 0.6 is 0 Å². The van der Waals surface area contributed by atoms with Crippen molar-refractivity contribution in [1.82, 2.24) is 10.6 Å². The second kappa shape index (κ2) is 10.3. The number of hydrogen-bond donors (Lipinski definition) is 3. The molecule has 1 unspecified atom stereocenters. The first-order valence-corrected chi connectivity index (χ1v) is 9.38. The highest BCUT2D eigenvalue weighted by Crippen LogP contribution is 2.27. The van der Waals surface area contributed by atoms with E-state index in [0.717, 1.165) is 0 Å². The van der Waals surface area contributed by atoms with Crippen LogP contribution in [0.15, 0.2) is 60.7 Å². The van der Waals surface area contributed by atoms with Gasteiger partial charge in [0.2, 0.25) is 5.91 Å². The predicted molar refractivity (Wildman–Crippen MR) is 107 cm³/mol. The van der Waals surface area contributed by atoms with Crippen LogP contribution in [0.2, 0.25) is 0 Å². The van der Waals surface area contributed by atoms with E-state index in [1.54, 1.807) is 55.5 Å². The maximum absolute atomic E-state index is 12.2. The molecule has 0 saturated carbocycles. The monoisotopic (exact) mass is 382 g/mol. The fourth-order valence-electron chi connectivity index (χ4n) is 3.02. The molecule has 0 heterocycles. The van der Waals surface area contributed by atoms with Gasteiger partial charge in [-0.05, 0) is 30.5 Å². The van der Waals surface area contributed by atoms with Gasteiger partial charge in [-0.15, -0.1) is 0 Å². The molecule has 0 aliphatic heterocycles. The number of carboxylic acids is 1. The first-order valence-electron chi connectivity index (χ1n) is 9.38. The van der Waals surface area contributed by atoms with E-state index >= 15 is 0 Å². The molecule has 0 aliphatic rings. The summed E-state index contributed by atoms with van der Waals surface area (Å²) in [6, 6.07) is 17.8. The normalized spacial score (nSPS) is 12.6. The molecule has 0 aromatic heterocycles. The van der Waals surface area contributed by atoms with Crippen molar-refractivity contribution in [3.05, 3.63) is 71.8 Å². The Labute approximate surface area is 165 Å². The first-order chi connectivity index (χ1) is 13.5. The van der Waals surface area contributed by atoms with Crippen LogP contribution in [0, 0.1) is 0 Å². The van der Waals surface area contributed by atoms with Gasteiger partial charge >= 0.3 is 5.97 Å².